The Morgan fingerprint density at radius 1 is 1.19 bits per heavy atom. The molecule has 5 heteroatoms. The van der Waals surface area contributed by atoms with Gasteiger partial charge < -0.3 is 5.32 Å². The van der Waals surface area contributed by atoms with Crippen LogP contribution in [0.25, 0.3) is 0 Å². The minimum atomic E-state index is -1.30. The van der Waals surface area contributed by atoms with Crippen molar-refractivity contribution in [3.63, 3.8) is 0 Å². The van der Waals surface area contributed by atoms with Gasteiger partial charge >= 0.3 is 0 Å². The fourth-order valence-corrected chi connectivity index (χ4v) is 3.04. The summed E-state index contributed by atoms with van der Waals surface area (Å²) >= 11 is 0. The first-order chi connectivity index (χ1) is 10.0. The summed E-state index contributed by atoms with van der Waals surface area (Å²) in [4.78, 5) is 11.8. The number of benzene rings is 2. The molecule has 2 rings (SSSR count). The van der Waals surface area contributed by atoms with Crippen molar-refractivity contribution >= 4 is 22.4 Å². The van der Waals surface area contributed by atoms with E-state index in [-0.39, 0.29) is 11.7 Å². The molecule has 0 radical (unpaired) electrons. The molecule has 21 heavy (non-hydrogen) atoms. The number of nitrogens with one attached hydrogen (secondary N) is 1. The predicted octanol–water partition coefficient (Wildman–Crippen LogP) is 3.02. The van der Waals surface area contributed by atoms with Crippen LogP contribution in [0.5, 0.6) is 0 Å². The lowest BCUT2D eigenvalue weighted by Gasteiger charge is -2.07. The average molecular weight is 305 g/mol. The summed E-state index contributed by atoms with van der Waals surface area (Å²) < 4.78 is 25.0. The summed E-state index contributed by atoms with van der Waals surface area (Å²) in [6, 6.07) is 13.3. The van der Waals surface area contributed by atoms with E-state index in [9.17, 15) is 13.4 Å². The van der Waals surface area contributed by atoms with Gasteiger partial charge in [0.2, 0.25) is 5.91 Å². The molecule has 0 saturated heterocycles. The standard InChI is InChI=1S/C16H16FNO2S/c1-12-5-2-3-6-13(12)10-21(20)11-16(19)18-15-8-4-7-14(17)9-15/h2-9H,10-11H2,1H3,(H,18,19). The van der Waals surface area contributed by atoms with E-state index in [1.165, 1.54) is 18.2 Å². The molecule has 0 aliphatic rings. The van der Waals surface area contributed by atoms with E-state index in [1.807, 2.05) is 31.2 Å². The summed E-state index contributed by atoms with van der Waals surface area (Å²) in [7, 11) is -1.30. The molecule has 0 aliphatic heterocycles. The van der Waals surface area contributed by atoms with Crippen molar-refractivity contribution in [3.05, 3.63) is 65.5 Å². The van der Waals surface area contributed by atoms with Gasteiger partial charge in [-0.25, -0.2) is 4.39 Å². The van der Waals surface area contributed by atoms with E-state index in [4.69, 9.17) is 0 Å². The van der Waals surface area contributed by atoms with Crippen LogP contribution in [0.3, 0.4) is 0 Å². The van der Waals surface area contributed by atoms with Gasteiger partial charge in [0.1, 0.15) is 11.6 Å². The van der Waals surface area contributed by atoms with E-state index in [2.05, 4.69) is 5.32 Å². The summed E-state index contributed by atoms with van der Waals surface area (Å²) in [5, 5.41) is 2.54. The van der Waals surface area contributed by atoms with Crippen LogP contribution in [0, 0.1) is 12.7 Å². The van der Waals surface area contributed by atoms with Crippen LogP contribution in [0.15, 0.2) is 48.5 Å². The molecule has 0 saturated carbocycles. The number of amides is 1. The Kier molecular flexibility index (Phi) is 5.22. The number of carbonyl (C=O) groups is 1. The van der Waals surface area contributed by atoms with Crippen LogP contribution < -0.4 is 5.32 Å². The number of hydrogen-bond acceptors (Lipinski definition) is 2. The lowest BCUT2D eigenvalue weighted by Crippen LogP contribution is -2.20. The van der Waals surface area contributed by atoms with Crippen molar-refractivity contribution in [2.45, 2.75) is 12.7 Å². The number of carbonyl (C=O) groups excluding carboxylic acids is 1. The number of aryl methyl sites for hydroxylation is 1. The first-order valence-corrected chi connectivity index (χ1v) is 7.98. The summed E-state index contributed by atoms with van der Waals surface area (Å²) in [5.74, 6) is -0.574. The molecule has 2 aromatic rings. The van der Waals surface area contributed by atoms with Gasteiger partial charge in [0.05, 0.1) is 0 Å². The zero-order valence-corrected chi connectivity index (χ0v) is 12.5. The van der Waals surface area contributed by atoms with Gasteiger partial charge in [0.25, 0.3) is 0 Å². The van der Waals surface area contributed by atoms with Crippen LogP contribution in [0.2, 0.25) is 0 Å². The Labute approximate surface area is 125 Å². The smallest absolute Gasteiger partial charge is 0.237 e. The van der Waals surface area contributed by atoms with E-state index in [0.717, 1.165) is 11.1 Å². The van der Waals surface area contributed by atoms with Crippen molar-refractivity contribution in [2.24, 2.45) is 0 Å². The maximum atomic E-state index is 13.0. The highest BCUT2D eigenvalue weighted by molar-refractivity contribution is 7.84. The van der Waals surface area contributed by atoms with Crippen LogP contribution >= 0.6 is 0 Å². The highest BCUT2D eigenvalue weighted by Gasteiger charge is 2.10. The first-order valence-electron chi connectivity index (χ1n) is 6.49. The molecule has 3 nitrogen and oxygen atoms in total. The number of anilines is 1. The van der Waals surface area contributed by atoms with Crippen molar-refractivity contribution in [2.75, 3.05) is 11.1 Å². The molecule has 0 spiro atoms. The highest BCUT2D eigenvalue weighted by atomic mass is 32.2. The van der Waals surface area contributed by atoms with E-state index >= 15 is 0 Å². The zero-order chi connectivity index (χ0) is 15.2. The lowest BCUT2D eigenvalue weighted by atomic mass is 10.1. The molecule has 110 valence electrons. The third-order valence-corrected chi connectivity index (χ3v) is 4.20. The molecule has 1 unspecified atom stereocenters. The van der Waals surface area contributed by atoms with Gasteiger partial charge in [-0.3, -0.25) is 9.00 Å². The molecule has 0 aromatic heterocycles. The van der Waals surface area contributed by atoms with E-state index in [1.54, 1.807) is 6.07 Å². The predicted molar refractivity (Wildman–Crippen MR) is 82.9 cm³/mol. The maximum Gasteiger partial charge on any atom is 0.237 e. The van der Waals surface area contributed by atoms with Crippen molar-refractivity contribution in [3.8, 4) is 0 Å². The normalized spacial score (nSPS) is 11.9. The second kappa shape index (κ2) is 7.13. The summed E-state index contributed by atoms with van der Waals surface area (Å²) in [6.45, 7) is 1.94. The van der Waals surface area contributed by atoms with Crippen LogP contribution in [0.1, 0.15) is 11.1 Å². The first kappa shape index (κ1) is 15.4. The second-order valence-electron chi connectivity index (χ2n) is 4.71. The monoisotopic (exact) mass is 305 g/mol. The van der Waals surface area contributed by atoms with Crippen LogP contribution in [0.4, 0.5) is 10.1 Å². The molecule has 2 aromatic carbocycles. The van der Waals surface area contributed by atoms with E-state index < -0.39 is 16.6 Å². The van der Waals surface area contributed by atoms with E-state index in [0.29, 0.717) is 11.4 Å². The fraction of sp³-hybridized carbons (Fsp3) is 0.188. The Balaban J connectivity index is 1.91. The minimum Gasteiger partial charge on any atom is -0.325 e. The van der Waals surface area contributed by atoms with Crippen LogP contribution in [-0.4, -0.2) is 15.9 Å². The van der Waals surface area contributed by atoms with Gasteiger partial charge in [0.15, 0.2) is 0 Å². The Morgan fingerprint density at radius 3 is 2.67 bits per heavy atom. The van der Waals surface area contributed by atoms with Gasteiger partial charge in [-0.1, -0.05) is 30.3 Å². The molecular weight excluding hydrogens is 289 g/mol. The molecule has 1 N–H and O–H groups in total. The fourth-order valence-electron chi connectivity index (χ4n) is 1.91. The number of rotatable bonds is 5. The molecule has 0 bridgehead atoms. The molecule has 1 amide bonds. The number of hydrogen-bond donors (Lipinski definition) is 1. The van der Waals surface area contributed by atoms with Gasteiger partial charge in [0, 0.05) is 22.2 Å². The lowest BCUT2D eigenvalue weighted by molar-refractivity contribution is -0.113. The zero-order valence-electron chi connectivity index (χ0n) is 11.6. The maximum absolute atomic E-state index is 13.0. The topological polar surface area (TPSA) is 46.2 Å². The Bertz CT molecular complexity index is 673. The molecular formula is C16H16FNO2S. The van der Waals surface area contributed by atoms with Crippen molar-refractivity contribution in [1.29, 1.82) is 0 Å². The van der Waals surface area contributed by atoms with Crippen molar-refractivity contribution in [1.82, 2.24) is 0 Å². The average Bonchev–Trinajstić information content (AvgIpc) is 2.41. The van der Waals surface area contributed by atoms with Gasteiger partial charge in [-0.2, -0.15) is 0 Å². The quantitative estimate of drug-likeness (QED) is 0.923. The largest absolute Gasteiger partial charge is 0.325 e. The SMILES string of the molecule is Cc1ccccc1CS(=O)CC(=O)Nc1cccc(F)c1. The van der Waals surface area contributed by atoms with Crippen LogP contribution in [-0.2, 0) is 21.3 Å². The third kappa shape index (κ3) is 4.79. The Morgan fingerprint density at radius 2 is 1.95 bits per heavy atom. The third-order valence-electron chi connectivity index (χ3n) is 2.98. The van der Waals surface area contributed by atoms with Gasteiger partial charge in [-0.15, -0.1) is 0 Å². The van der Waals surface area contributed by atoms with Gasteiger partial charge in [-0.05, 0) is 36.2 Å². The number of halogens is 1. The Hall–Kier alpha value is -2.01. The molecule has 0 fully saturated rings. The van der Waals surface area contributed by atoms with Crippen molar-refractivity contribution < 1.29 is 13.4 Å². The molecule has 0 aliphatic carbocycles. The summed E-state index contributed by atoms with van der Waals surface area (Å²) in [6.07, 6.45) is 0. The highest BCUT2D eigenvalue weighted by Crippen LogP contribution is 2.11. The second-order valence-corrected chi connectivity index (χ2v) is 6.17. The summed E-state index contributed by atoms with van der Waals surface area (Å²) in [5.41, 5.74) is 2.39. The molecule has 1 atom stereocenters. The molecule has 0 heterocycles. The minimum absolute atomic E-state index is 0.106.